The molecule has 102 valence electrons. The zero-order valence-electron chi connectivity index (χ0n) is 10.1. The Hall–Kier alpha value is -2.02. The highest BCUT2D eigenvalue weighted by Gasteiger charge is 2.24. The number of benzene rings is 1. The fourth-order valence-corrected chi connectivity index (χ4v) is 1.79. The van der Waals surface area contributed by atoms with E-state index < -0.39 is 23.4 Å². The Morgan fingerprint density at radius 2 is 1.89 bits per heavy atom. The van der Waals surface area contributed by atoms with E-state index in [1.54, 1.807) is 0 Å². The smallest absolute Gasteiger partial charge is 0.313 e. The molecule has 2 rings (SSSR count). The van der Waals surface area contributed by atoms with E-state index in [1.165, 1.54) is 17.0 Å². The molecule has 0 unspecified atom stereocenters. The number of nitrogens with zero attached hydrogens (tertiary/aromatic N) is 1. The molecule has 1 saturated heterocycles. The van der Waals surface area contributed by atoms with Gasteiger partial charge >= 0.3 is 11.8 Å². The lowest BCUT2D eigenvalue weighted by Gasteiger charge is -2.26. The topological polar surface area (TPSA) is 61.4 Å². The molecule has 0 radical (unpaired) electrons. The van der Waals surface area contributed by atoms with E-state index in [9.17, 15) is 18.4 Å². The lowest BCUT2D eigenvalue weighted by atomic mass is 10.3. The van der Waals surface area contributed by atoms with Crippen molar-refractivity contribution in [3.8, 4) is 0 Å². The maximum absolute atomic E-state index is 13.3. The Kier molecular flexibility index (Phi) is 4.06. The lowest BCUT2D eigenvalue weighted by Crippen LogP contribution is -2.50. The SMILES string of the molecule is O=C(Nc1cccc(F)c1F)C(=O)N1CCNCC1. The average molecular weight is 269 g/mol. The summed E-state index contributed by atoms with van der Waals surface area (Å²) in [6.45, 7) is 2.04. The van der Waals surface area contributed by atoms with E-state index in [2.05, 4.69) is 10.6 Å². The van der Waals surface area contributed by atoms with Crippen LogP contribution in [0.1, 0.15) is 0 Å². The number of amides is 2. The number of carbonyl (C=O) groups excluding carboxylic acids is 2. The van der Waals surface area contributed by atoms with Crippen molar-refractivity contribution in [2.24, 2.45) is 0 Å². The molecule has 2 N–H and O–H groups in total. The molecule has 1 aliphatic rings. The molecule has 1 heterocycles. The van der Waals surface area contributed by atoms with Crippen molar-refractivity contribution in [3.63, 3.8) is 0 Å². The van der Waals surface area contributed by atoms with Crippen molar-refractivity contribution < 1.29 is 18.4 Å². The monoisotopic (exact) mass is 269 g/mol. The van der Waals surface area contributed by atoms with Gasteiger partial charge in [-0.15, -0.1) is 0 Å². The van der Waals surface area contributed by atoms with Gasteiger partial charge in [-0.2, -0.15) is 0 Å². The molecule has 19 heavy (non-hydrogen) atoms. The normalized spacial score (nSPS) is 15.2. The summed E-state index contributed by atoms with van der Waals surface area (Å²) in [5.74, 6) is -3.96. The Morgan fingerprint density at radius 3 is 2.58 bits per heavy atom. The zero-order valence-corrected chi connectivity index (χ0v) is 10.1. The summed E-state index contributed by atoms with van der Waals surface area (Å²) >= 11 is 0. The van der Waals surface area contributed by atoms with Crippen molar-refractivity contribution in [1.82, 2.24) is 10.2 Å². The fourth-order valence-electron chi connectivity index (χ4n) is 1.79. The van der Waals surface area contributed by atoms with Gasteiger partial charge in [0.25, 0.3) is 0 Å². The number of halogens is 2. The van der Waals surface area contributed by atoms with Crippen LogP contribution in [0.15, 0.2) is 18.2 Å². The molecule has 7 heteroatoms. The van der Waals surface area contributed by atoms with Gasteiger partial charge in [-0.05, 0) is 12.1 Å². The first-order valence-electron chi connectivity index (χ1n) is 5.84. The van der Waals surface area contributed by atoms with Gasteiger partial charge in [0.15, 0.2) is 11.6 Å². The number of nitrogens with one attached hydrogen (secondary N) is 2. The highest BCUT2D eigenvalue weighted by Crippen LogP contribution is 2.16. The van der Waals surface area contributed by atoms with Crippen molar-refractivity contribution in [2.75, 3.05) is 31.5 Å². The molecule has 1 aromatic carbocycles. The highest BCUT2D eigenvalue weighted by atomic mass is 19.2. The minimum atomic E-state index is -1.18. The molecule has 1 fully saturated rings. The number of rotatable bonds is 1. The molecule has 0 aliphatic carbocycles. The van der Waals surface area contributed by atoms with Gasteiger partial charge < -0.3 is 15.5 Å². The third-order valence-electron chi connectivity index (χ3n) is 2.80. The van der Waals surface area contributed by atoms with E-state index in [-0.39, 0.29) is 5.69 Å². The summed E-state index contributed by atoms with van der Waals surface area (Å²) in [5.41, 5.74) is -0.339. The highest BCUT2D eigenvalue weighted by molar-refractivity contribution is 6.39. The maximum atomic E-state index is 13.3. The average Bonchev–Trinajstić information content (AvgIpc) is 2.44. The number of hydrogen-bond acceptors (Lipinski definition) is 3. The first kappa shape index (κ1) is 13.4. The minimum Gasteiger partial charge on any atom is -0.332 e. The van der Waals surface area contributed by atoms with Crippen molar-refractivity contribution >= 4 is 17.5 Å². The third-order valence-corrected chi connectivity index (χ3v) is 2.80. The molecule has 1 aliphatic heterocycles. The van der Waals surface area contributed by atoms with Crippen LogP contribution in [0.25, 0.3) is 0 Å². The molecular weight excluding hydrogens is 256 g/mol. The molecule has 0 aromatic heterocycles. The summed E-state index contributed by atoms with van der Waals surface area (Å²) in [6, 6.07) is 3.38. The molecule has 2 amide bonds. The van der Waals surface area contributed by atoms with E-state index >= 15 is 0 Å². The van der Waals surface area contributed by atoms with Crippen LogP contribution in [0.3, 0.4) is 0 Å². The van der Waals surface area contributed by atoms with Crippen LogP contribution in [0.2, 0.25) is 0 Å². The van der Waals surface area contributed by atoms with Gasteiger partial charge in [-0.3, -0.25) is 9.59 Å². The van der Waals surface area contributed by atoms with Crippen molar-refractivity contribution in [1.29, 1.82) is 0 Å². The maximum Gasteiger partial charge on any atom is 0.313 e. The van der Waals surface area contributed by atoms with Gasteiger partial charge in [-0.1, -0.05) is 6.07 Å². The largest absolute Gasteiger partial charge is 0.332 e. The summed E-state index contributed by atoms with van der Waals surface area (Å²) in [5, 5.41) is 5.12. The first-order valence-corrected chi connectivity index (χ1v) is 5.84. The van der Waals surface area contributed by atoms with Crippen LogP contribution < -0.4 is 10.6 Å². The standard InChI is InChI=1S/C12H13F2N3O2/c13-8-2-1-3-9(10(8)14)16-11(18)12(19)17-6-4-15-5-7-17/h1-3,15H,4-7H2,(H,16,18). The number of anilines is 1. The Balaban J connectivity index is 2.04. The second-order valence-electron chi connectivity index (χ2n) is 4.10. The predicted octanol–water partition coefficient (Wildman–Crippen LogP) is 0.335. The number of carbonyl (C=O) groups is 2. The quantitative estimate of drug-likeness (QED) is 0.723. The second-order valence-corrected chi connectivity index (χ2v) is 4.10. The van der Waals surface area contributed by atoms with Crippen LogP contribution in [-0.2, 0) is 9.59 Å². The van der Waals surface area contributed by atoms with E-state index in [0.717, 1.165) is 6.07 Å². The minimum absolute atomic E-state index is 0.339. The molecule has 5 nitrogen and oxygen atoms in total. The van der Waals surface area contributed by atoms with E-state index in [1.807, 2.05) is 0 Å². The van der Waals surface area contributed by atoms with Gasteiger partial charge in [-0.25, -0.2) is 8.78 Å². The summed E-state index contributed by atoms with van der Waals surface area (Å²) < 4.78 is 26.3. The molecule has 0 bridgehead atoms. The van der Waals surface area contributed by atoms with Crippen molar-refractivity contribution in [3.05, 3.63) is 29.8 Å². The Morgan fingerprint density at radius 1 is 1.21 bits per heavy atom. The van der Waals surface area contributed by atoms with Gasteiger partial charge in [0.1, 0.15) is 0 Å². The molecule has 0 atom stereocenters. The number of piperazine rings is 1. The van der Waals surface area contributed by atoms with Crippen LogP contribution >= 0.6 is 0 Å². The summed E-state index contributed by atoms with van der Waals surface area (Å²) in [6.07, 6.45) is 0. The molecule has 0 spiro atoms. The molecule has 0 saturated carbocycles. The Labute approximate surface area is 108 Å². The van der Waals surface area contributed by atoms with Gasteiger partial charge in [0.05, 0.1) is 5.69 Å². The number of hydrogen-bond donors (Lipinski definition) is 2. The van der Waals surface area contributed by atoms with Crippen LogP contribution in [0, 0.1) is 11.6 Å². The summed E-state index contributed by atoms with van der Waals surface area (Å²) in [7, 11) is 0. The molecular formula is C12H13F2N3O2. The van der Waals surface area contributed by atoms with E-state index in [0.29, 0.717) is 26.2 Å². The second kappa shape index (κ2) is 5.75. The Bertz CT molecular complexity index is 502. The van der Waals surface area contributed by atoms with Crippen molar-refractivity contribution in [2.45, 2.75) is 0 Å². The third kappa shape index (κ3) is 3.05. The van der Waals surface area contributed by atoms with Gasteiger partial charge in [0.2, 0.25) is 0 Å². The van der Waals surface area contributed by atoms with E-state index in [4.69, 9.17) is 0 Å². The summed E-state index contributed by atoms with van der Waals surface area (Å²) in [4.78, 5) is 24.8. The zero-order chi connectivity index (χ0) is 13.8. The van der Waals surface area contributed by atoms with Crippen LogP contribution in [-0.4, -0.2) is 42.9 Å². The fraction of sp³-hybridized carbons (Fsp3) is 0.333. The first-order chi connectivity index (χ1) is 9.09. The van der Waals surface area contributed by atoms with Crippen LogP contribution in [0.5, 0.6) is 0 Å². The lowest BCUT2D eigenvalue weighted by molar-refractivity contribution is -0.143. The van der Waals surface area contributed by atoms with Crippen LogP contribution in [0.4, 0.5) is 14.5 Å². The molecule has 1 aromatic rings. The van der Waals surface area contributed by atoms with Gasteiger partial charge in [0, 0.05) is 26.2 Å². The predicted molar refractivity (Wildman–Crippen MR) is 64.4 cm³/mol.